The summed E-state index contributed by atoms with van der Waals surface area (Å²) in [6.45, 7) is 5.50. The third-order valence-corrected chi connectivity index (χ3v) is 5.49. The van der Waals surface area contributed by atoms with Crippen LogP contribution in [0.5, 0.6) is 5.75 Å². The first-order valence-electron chi connectivity index (χ1n) is 9.45. The molecular formula is C23H23N3OS. The number of aryl methyl sites for hydroxylation is 1. The molecule has 4 nitrogen and oxygen atoms in total. The minimum absolute atomic E-state index is 0.131. The predicted molar refractivity (Wildman–Crippen MR) is 118 cm³/mol. The Morgan fingerprint density at radius 1 is 1.21 bits per heavy atom. The lowest BCUT2D eigenvalue weighted by atomic mass is 10.1. The SMILES string of the molecule is CC(C)Cn1ccc2ccc(CCC#Cc3cc(O)c4nc(N)sc4c3)cc21. The molecule has 2 aromatic carbocycles. The first-order valence-corrected chi connectivity index (χ1v) is 10.3. The van der Waals surface area contributed by atoms with Crippen molar-refractivity contribution in [1.82, 2.24) is 9.55 Å². The molecule has 28 heavy (non-hydrogen) atoms. The second-order valence-electron chi connectivity index (χ2n) is 7.45. The molecule has 142 valence electrons. The van der Waals surface area contributed by atoms with Gasteiger partial charge in [-0.1, -0.05) is 49.2 Å². The van der Waals surface area contributed by atoms with Gasteiger partial charge in [-0.25, -0.2) is 4.98 Å². The normalized spacial score (nSPS) is 11.2. The van der Waals surface area contributed by atoms with E-state index >= 15 is 0 Å². The highest BCUT2D eigenvalue weighted by Crippen LogP contribution is 2.31. The summed E-state index contributed by atoms with van der Waals surface area (Å²) in [5.41, 5.74) is 9.64. The number of nitrogen functional groups attached to an aromatic ring is 1. The Kier molecular flexibility index (Phi) is 4.97. The van der Waals surface area contributed by atoms with Crippen LogP contribution in [0.4, 0.5) is 5.13 Å². The number of aromatic hydroxyl groups is 1. The van der Waals surface area contributed by atoms with Crippen molar-refractivity contribution in [1.29, 1.82) is 0 Å². The molecule has 2 heterocycles. The summed E-state index contributed by atoms with van der Waals surface area (Å²) in [7, 11) is 0. The summed E-state index contributed by atoms with van der Waals surface area (Å²) in [6, 6.07) is 12.4. The van der Waals surface area contributed by atoms with Crippen molar-refractivity contribution in [3.8, 4) is 17.6 Å². The molecule has 0 aliphatic carbocycles. The number of anilines is 1. The minimum atomic E-state index is 0.131. The van der Waals surface area contributed by atoms with E-state index in [4.69, 9.17) is 5.73 Å². The maximum absolute atomic E-state index is 10.1. The van der Waals surface area contributed by atoms with Crippen LogP contribution in [-0.2, 0) is 13.0 Å². The zero-order valence-electron chi connectivity index (χ0n) is 16.1. The number of hydrogen-bond donors (Lipinski definition) is 2. The first kappa shape index (κ1) is 18.4. The Morgan fingerprint density at radius 3 is 2.89 bits per heavy atom. The number of aromatic nitrogens is 2. The molecule has 3 N–H and O–H groups in total. The van der Waals surface area contributed by atoms with E-state index in [2.05, 4.69) is 65.7 Å². The van der Waals surface area contributed by atoms with Crippen molar-refractivity contribution in [3.63, 3.8) is 0 Å². The van der Waals surface area contributed by atoms with Crippen LogP contribution in [0.15, 0.2) is 42.6 Å². The average molecular weight is 390 g/mol. The molecule has 0 saturated heterocycles. The van der Waals surface area contributed by atoms with Crippen LogP contribution < -0.4 is 5.73 Å². The van der Waals surface area contributed by atoms with Crippen LogP contribution in [0.1, 0.15) is 31.4 Å². The van der Waals surface area contributed by atoms with Gasteiger partial charge in [0, 0.05) is 30.2 Å². The van der Waals surface area contributed by atoms with Crippen LogP contribution in [0, 0.1) is 17.8 Å². The van der Waals surface area contributed by atoms with Gasteiger partial charge in [0.15, 0.2) is 5.13 Å². The Morgan fingerprint density at radius 2 is 2.07 bits per heavy atom. The van der Waals surface area contributed by atoms with Crippen LogP contribution in [-0.4, -0.2) is 14.7 Å². The van der Waals surface area contributed by atoms with Gasteiger partial charge in [0.2, 0.25) is 0 Å². The molecule has 0 atom stereocenters. The number of thiazole rings is 1. The number of nitrogens with zero attached hydrogens (tertiary/aromatic N) is 2. The number of rotatable bonds is 4. The maximum Gasteiger partial charge on any atom is 0.181 e. The van der Waals surface area contributed by atoms with E-state index in [9.17, 15) is 5.11 Å². The van der Waals surface area contributed by atoms with E-state index in [1.807, 2.05) is 6.07 Å². The summed E-state index contributed by atoms with van der Waals surface area (Å²) < 4.78 is 3.19. The number of benzene rings is 2. The fourth-order valence-electron chi connectivity index (χ4n) is 3.41. The largest absolute Gasteiger partial charge is 0.506 e. The monoisotopic (exact) mass is 389 g/mol. The average Bonchev–Trinajstić information content (AvgIpc) is 3.21. The maximum atomic E-state index is 10.1. The van der Waals surface area contributed by atoms with E-state index in [1.54, 1.807) is 6.07 Å². The van der Waals surface area contributed by atoms with Gasteiger partial charge in [-0.15, -0.1) is 0 Å². The summed E-state index contributed by atoms with van der Waals surface area (Å²) in [5.74, 6) is 7.12. The quantitative estimate of drug-likeness (QED) is 0.473. The second-order valence-corrected chi connectivity index (χ2v) is 8.51. The van der Waals surface area contributed by atoms with Gasteiger partial charge in [0.25, 0.3) is 0 Å². The highest BCUT2D eigenvalue weighted by Gasteiger charge is 2.07. The van der Waals surface area contributed by atoms with Crippen molar-refractivity contribution in [2.45, 2.75) is 33.2 Å². The van der Waals surface area contributed by atoms with Gasteiger partial charge in [-0.3, -0.25) is 0 Å². The molecular weight excluding hydrogens is 366 g/mol. The molecule has 0 saturated carbocycles. The van der Waals surface area contributed by atoms with Gasteiger partial charge in [0.05, 0.1) is 4.70 Å². The molecule has 0 spiro atoms. The third kappa shape index (κ3) is 3.83. The summed E-state index contributed by atoms with van der Waals surface area (Å²) in [4.78, 5) is 4.13. The number of nitrogens with two attached hydrogens (primary N) is 1. The van der Waals surface area contributed by atoms with Crippen molar-refractivity contribution >= 4 is 37.6 Å². The molecule has 0 bridgehead atoms. The Labute approximate surface area is 168 Å². The molecule has 0 aliphatic rings. The van der Waals surface area contributed by atoms with Gasteiger partial charge in [-0.05, 0) is 47.6 Å². The molecule has 5 heteroatoms. The van der Waals surface area contributed by atoms with Crippen LogP contribution in [0.25, 0.3) is 21.1 Å². The van der Waals surface area contributed by atoms with Crippen molar-refractivity contribution in [2.24, 2.45) is 5.92 Å². The molecule has 0 radical (unpaired) electrons. The van der Waals surface area contributed by atoms with Crippen LogP contribution >= 0.6 is 11.3 Å². The first-order chi connectivity index (χ1) is 13.5. The lowest BCUT2D eigenvalue weighted by Crippen LogP contribution is -2.02. The van der Waals surface area contributed by atoms with E-state index in [0.29, 0.717) is 16.6 Å². The van der Waals surface area contributed by atoms with Gasteiger partial charge in [0.1, 0.15) is 11.3 Å². The highest BCUT2D eigenvalue weighted by atomic mass is 32.1. The number of fused-ring (bicyclic) bond motifs is 2. The van der Waals surface area contributed by atoms with Crippen molar-refractivity contribution in [2.75, 3.05) is 5.73 Å². The van der Waals surface area contributed by atoms with E-state index < -0.39 is 0 Å². The number of phenolic OH excluding ortho intramolecular Hbond substituents is 1. The smallest absolute Gasteiger partial charge is 0.181 e. The minimum Gasteiger partial charge on any atom is -0.506 e. The fourth-order valence-corrected chi connectivity index (χ4v) is 4.21. The highest BCUT2D eigenvalue weighted by molar-refractivity contribution is 7.22. The van der Waals surface area contributed by atoms with Gasteiger partial charge < -0.3 is 15.4 Å². The van der Waals surface area contributed by atoms with Crippen molar-refractivity contribution in [3.05, 3.63) is 53.7 Å². The summed E-state index contributed by atoms with van der Waals surface area (Å²) in [5, 5.41) is 11.8. The van der Waals surface area contributed by atoms with Crippen molar-refractivity contribution < 1.29 is 5.11 Å². The molecule has 4 aromatic rings. The molecule has 0 unspecified atom stereocenters. The van der Waals surface area contributed by atoms with E-state index in [-0.39, 0.29) is 5.75 Å². The lowest BCUT2D eigenvalue weighted by Gasteiger charge is -2.09. The van der Waals surface area contributed by atoms with Gasteiger partial charge in [-0.2, -0.15) is 0 Å². The zero-order valence-corrected chi connectivity index (χ0v) is 16.9. The standard InChI is InChI=1S/C23H23N3OS/c1-15(2)14-26-10-9-18-8-7-16(11-19(18)26)5-3-4-6-17-12-20(27)22-21(13-17)28-23(24)25-22/h7-13,15,27H,3,5,14H2,1-2H3,(H2,24,25). The molecule has 2 aromatic heterocycles. The number of phenols is 1. The Hall–Kier alpha value is -2.97. The molecule has 4 rings (SSSR count). The number of hydrogen-bond acceptors (Lipinski definition) is 4. The summed E-state index contributed by atoms with van der Waals surface area (Å²) >= 11 is 1.36. The molecule has 0 fully saturated rings. The zero-order chi connectivity index (χ0) is 19.7. The fraction of sp³-hybridized carbons (Fsp3) is 0.261. The predicted octanol–water partition coefficient (Wildman–Crippen LogP) is 5.18. The third-order valence-electron chi connectivity index (χ3n) is 4.66. The second kappa shape index (κ2) is 7.57. The van der Waals surface area contributed by atoms with E-state index in [1.165, 1.54) is 27.8 Å². The van der Waals surface area contributed by atoms with E-state index in [0.717, 1.165) is 29.6 Å². The van der Waals surface area contributed by atoms with Crippen LogP contribution in [0.2, 0.25) is 0 Å². The lowest BCUT2D eigenvalue weighted by molar-refractivity contribution is 0.480. The topological polar surface area (TPSA) is 64.1 Å². The molecule has 0 aliphatic heterocycles. The van der Waals surface area contributed by atoms with Gasteiger partial charge >= 0.3 is 0 Å². The molecule has 0 amide bonds. The summed E-state index contributed by atoms with van der Waals surface area (Å²) in [6.07, 6.45) is 3.83. The Bertz CT molecular complexity index is 1210. The Balaban J connectivity index is 1.48. The van der Waals surface area contributed by atoms with Crippen LogP contribution in [0.3, 0.4) is 0 Å².